The van der Waals surface area contributed by atoms with Crippen LogP contribution < -0.4 is 15.1 Å². The normalized spacial score (nSPS) is 13.4. The molecule has 0 unspecified atom stereocenters. The second-order valence-corrected chi connectivity index (χ2v) is 10.2. The number of benzene rings is 3. The molecule has 0 bridgehead atoms. The van der Waals surface area contributed by atoms with Crippen molar-refractivity contribution in [2.24, 2.45) is 0 Å². The molecule has 0 radical (unpaired) electrons. The maximum atomic E-state index is 14.2. The van der Waals surface area contributed by atoms with Crippen LogP contribution in [-0.2, 0) is 12.3 Å². The van der Waals surface area contributed by atoms with E-state index in [4.69, 9.17) is 4.98 Å². The van der Waals surface area contributed by atoms with Gasteiger partial charge in [-0.3, -0.25) is 4.79 Å². The third-order valence-corrected chi connectivity index (χ3v) is 7.42. The first-order chi connectivity index (χ1) is 18.5. The summed E-state index contributed by atoms with van der Waals surface area (Å²) in [5.41, 5.74) is 4.37. The minimum Gasteiger partial charge on any atom is -0.366 e. The second-order valence-electron chi connectivity index (χ2n) is 9.23. The summed E-state index contributed by atoms with van der Waals surface area (Å²) in [6.07, 6.45) is 0. The Hall–Kier alpha value is -3.91. The molecule has 1 aromatic heterocycles. The number of rotatable bonds is 8. The summed E-state index contributed by atoms with van der Waals surface area (Å²) < 4.78 is 14.2. The molecule has 1 fully saturated rings. The quantitative estimate of drug-likeness (QED) is 0.242. The van der Waals surface area contributed by atoms with E-state index in [2.05, 4.69) is 20.1 Å². The fourth-order valence-corrected chi connectivity index (χ4v) is 5.27. The average molecular weight is 528 g/mol. The number of aryl methyl sites for hydroxylation is 1. The molecular formula is C30H30FN5OS. The van der Waals surface area contributed by atoms with E-state index < -0.39 is 0 Å². The zero-order valence-corrected chi connectivity index (χ0v) is 22.1. The van der Waals surface area contributed by atoms with Crippen molar-refractivity contribution in [3.05, 3.63) is 113 Å². The van der Waals surface area contributed by atoms with Gasteiger partial charge in [-0.15, -0.1) is 0 Å². The number of nitrogens with zero attached hydrogens (tertiary/aromatic N) is 4. The third-order valence-electron chi connectivity index (χ3n) is 6.50. The maximum Gasteiger partial charge on any atom is 0.251 e. The number of carbonyl (C=O) groups is 1. The number of piperazine rings is 1. The van der Waals surface area contributed by atoms with Crippen LogP contribution in [-0.4, -0.2) is 42.1 Å². The van der Waals surface area contributed by atoms with E-state index in [9.17, 15) is 9.18 Å². The summed E-state index contributed by atoms with van der Waals surface area (Å²) in [6, 6.07) is 26.5. The SMILES string of the molecule is Cc1cc(N2CCN(c3ccccc3F)CC2)nc(SCc2ccc(C(=O)NCc3ccccc3)cc2)n1. The van der Waals surface area contributed by atoms with E-state index in [1.54, 1.807) is 17.8 Å². The van der Waals surface area contributed by atoms with Crippen LogP contribution in [0.3, 0.4) is 0 Å². The van der Waals surface area contributed by atoms with Crippen LogP contribution >= 0.6 is 11.8 Å². The van der Waals surface area contributed by atoms with E-state index in [0.29, 0.717) is 23.5 Å². The summed E-state index contributed by atoms with van der Waals surface area (Å²) >= 11 is 1.58. The Morgan fingerprint density at radius 2 is 1.55 bits per heavy atom. The van der Waals surface area contributed by atoms with Gasteiger partial charge in [0.05, 0.1) is 5.69 Å². The minimum atomic E-state index is -0.182. The molecule has 1 N–H and O–H groups in total. The topological polar surface area (TPSA) is 61.4 Å². The van der Waals surface area contributed by atoms with E-state index in [1.165, 1.54) is 6.07 Å². The first kappa shape index (κ1) is 25.7. The van der Waals surface area contributed by atoms with Crippen molar-refractivity contribution in [3.63, 3.8) is 0 Å². The van der Waals surface area contributed by atoms with Gasteiger partial charge in [-0.2, -0.15) is 0 Å². The summed E-state index contributed by atoms with van der Waals surface area (Å²) in [5, 5.41) is 3.68. The number of amides is 1. The highest BCUT2D eigenvalue weighted by Gasteiger charge is 2.21. The molecule has 0 saturated carbocycles. The average Bonchev–Trinajstić information content (AvgIpc) is 2.96. The molecule has 1 saturated heterocycles. The number of anilines is 2. The predicted octanol–water partition coefficient (Wildman–Crippen LogP) is 5.47. The largest absolute Gasteiger partial charge is 0.366 e. The Morgan fingerprint density at radius 1 is 0.868 bits per heavy atom. The van der Waals surface area contributed by atoms with Crippen LogP contribution in [0.5, 0.6) is 0 Å². The Kier molecular flexibility index (Phi) is 8.19. The molecule has 4 aromatic rings. The van der Waals surface area contributed by atoms with Crippen molar-refractivity contribution in [2.45, 2.75) is 24.4 Å². The van der Waals surface area contributed by atoms with Crippen LogP contribution in [0.1, 0.15) is 27.2 Å². The number of aromatic nitrogens is 2. The highest BCUT2D eigenvalue weighted by Crippen LogP contribution is 2.25. The van der Waals surface area contributed by atoms with Gasteiger partial charge in [-0.1, -0.05) is 66.4 Å². The summed E-state index contributed by atoms with van der Waals surface area (Å²) in [6.45, 7) is 5.48. The van der Waals surface area contributed by atoms with Crippen molar-refractivity contribution >= 4 is 29.2 Å². The molecule has 0 spiro atoms. The fourth-order valence-electron chi connectivity index (χ4n) is 4.42. The Labute approximate surface area is 226 Å². The molecule has 0 aliphatic carbocycles. The van der Waals surface area contributed by atoms with Gasteiger partial charge in [0, 0.05) is 55.8 Å². The molecule has 38 heavy (non-hydrogen) atoms. The van der Waals surface area contributed by atoms with Gasteiger partial charge in [0.2, 0.25) is 0 Å². The summed E-state index contributed by atoms with van der Waals surface area (Å²) in [4.78, 5) is 26.2. The molecule has 1 aliphatic heterocycles. The van der Waals surface area contributed by atoms with Gasteiger partial charge in [0.25, 0.3) is 5.91 Å². The van der Waals surface area contributed by atoms with Crippen LogP contribution in [0.15, 0.2) is 90.1 Å². The Morgan fingerprint density at radius 3 is 2.29 bits per heavy atom. The zero-order valence-electron chi connectivity index (χ0n) is 21.3. The lowest BCUT2D eigenvalue weighted by atomic mass is 10.1. The van der Waals surface area contributed by atoms with Gasteiger partial charge in [0.15, 0.2) is 5.16 Å². The fraction of sp³-hybridized carbons (Fsp3) is 0.233. The van der Waals surface area contributed by atoms with E-state index in [0.717, 1.165) is 54.0 Å². The Bertz CT molecular complexity index is 1380. The van der Waals surface area contributed by atoms with Crippen molar-refractivity contribution in [1.82, 2.24) is 15.3 Å². The van der Waals surface area contributed by atoms with E-state index >= 15 is 0 Å². The second kappa shape index (κ2) is 12.1. The third kappa shape index (κ3) is 6.50. The lowest BCUT2D eigenvalue weighted by Gasteiger charge is -2.37. The smallest absolute Gasteiger partial charge is 0.251 e. The molecule has 5 rings (SSSR count). The molecule has 0 atom stereocenters. The van der Waals surface area contributed by atoms with Crippen molar-refractivity contribution in [2.75, 3.05) is 36.0 Å². The van der Waals surface area contributed by atoms with Gasteiger partial charge in [-0.05, 0) is 42.3 Å². The van der Waals surface area contributed by atoms with Crippen LogP contribution in [0.2, 0.25) is 0 Å². The van der Waals surface area contributed by atoms with Gasteiger partial charge >= 0.3 is 0 Å². The molecule has 2 heterocycles. The molecule has 194 valence electrons. The van der Waals surface area contributed by atoms with Crippen molar-refractivity contribution in [3.8, 4) is 0 Å². The zero-order chi connectivity index (χ0) is 26.3. The molecule has 8 heteroatoms. The van der Waals surface area contributed by atoms with Gasteiger partial charge in [-0.25, -0.2) is 14.4 Å². The van der Waals surface area contributed by atoms with Crippen LogP contribution in [0.4, 0.5) is 15.9 Å². The van der Waals surface area contributed by atoms with Crippen LogP contribution in [0.25, 0.3) is 0 Å². The standard InChI is InChI=1S/C30H30FN5OS/c1-22-19-28(36-17-15-35(16-18-36)27-10-6-5-9-26(27)31)34-30(33-22)38-21-24-11-13-25(14-12-24)29(37)32-20-23-7-3-2-4-8-23/h2-14,19H,15-18,20-21H2,1H3,(H,32,37). The highest BCUT2D eigenvalue weighted by molar-refractivity contribution is 7.98. The number of hydrogen-bond acceptors (Lipinski definition) is 6. The van der Waals surface area contributed by atoms with Crippen LogP contribution in [0, 0.1) is 12.7 Å². The van der Waals surface area contributed by atoms with Gasteiger partial charge in [0.1, 0.15) is 11.6 Å². The number of nitrogens with one attached hydrogen (secondary N) is 1. The van der Waals surface area contributed by atoms with Gasteiger partial charge < -0.3 is 15.1 Å². The first-order valence-electron chi connectivity index (χ1n) is 12.7. The maximum absolute atomic E-state index is 14.2. The summed E-state index contributed by atoms with van der Waals surface area (Å²) in [5.74, 6) is 1.34. The monoisotopic (exact) mass is 527 g/mol. The molecule has 1 aliphatic rings. The summed E-state index contributed by atoms with van der Waals surface area (Å²) in [7, 11) is 0. The predicted molar refractivity (Wildman–Crippen MR) is 151 cm³/mol. The lowest BCUT2D eigenvalue weighted by molar-refractivity contribution is 0.0951. The number of carbonyl (C=O) groups excluding carboxylic acids is 1. The van der Waals surface area contributed by atoms with Crippen molar-refractivity contribution < 1.29 is 9.18 Å². The number of para-hydroxylation sites is 1. The minimum absolute atomic E-state index is 0.0881. The molecule has 6 nitrogen and oxygen atoms in total. The lowest BCUT2D eigenvalue weighted by Crippen LogP contribution is -2.47. The first-order valence-corrected chi connectivity index (χ1v) is 13.7. The van der Waals surface area contributed by atoms with Crippen molar-refractivity contribution in [1.29, 1.82) is 0 Å². The molecule has 1 amide bonds. The molecule has 3 aromatic carbocycles. The highest BCUT2D eigenvalue weighted by atomic mass is 32.2. The number of hydrogen-bond donors (Lipinski definition) is 1. The van der Waals surface area contributed by atoms with E-state index in [-0.39, 0.29) is 11.7 Å². The number of halogens is 1. The molecular weight excluding hydrogens is 497 g/mol. The number of thioether (sulfide) groups is 1. The van der Waals surface area contributed by atoms with E-state index in [1.807, 2.05) is 79.7 Å². The Balaban J connectivity index is 1.15.